The number of hydrogen-bond donors (Lipinski definition) is 4. The van der Waals surface area contributed by atoms with Crippen molar-refractivity contribution in [2.75, 3.05) is 37.6 Å². The molecule has 0 saturated carbocycles. The van der Waals surface area contributed by atoms with Crippen molar-refractivity contribution in [2.24, 2.45) is 4.99 Å². The average Bonchev–Trinajstić information content (AvgIpc) is 2.77. The first-order valence-electron chi connectivity index (χ1n) is 10.9. The Labute approximate surface area is 183 Å². The van der Waals surface area contributed by atoms with Crippen LogP contribution in [0.5, 0.6) is 5.75 Å². The molecule has 2 heterocycles. The number of anilines is 1. The van der Waals surface area contributed by atoms with Crippen LogP contribution in [-0.2, 0) is 0 Å². The molecule has 1 aromatic carbocycles. The third kappa shape index (κ3) is 6.87. The number of phenolic OH excluding ortho intramolecular Hbond substituents is 1. The van der Waals surface area contributed by atoms with Crippen LogP contribution in [0.2, 0.25) is 0 Å². The van der Waals surface area contributed by atoms with Gasteiger partial charge < -0.3 is 26.0 Å². The molecular formula is C23H32N6O2. The summed E-state index contributed by atoms with van der Waals surface area (Å²) in [5.41, 5.74) is 1.55. The van der Waals surface area contributed by atoms with E-state index < -0.39 is 0 Å². The number of hydrogen-bond acceptors (Lipinski definition) is 5. The van der Waals surface area contributed by atoms with Crippen molar-refractivity contribution < 1.29 is 9.90 Å². The second-order valence-electron chi connectivity index (χ2n) is 7.61. The van der Waals surface area contributed by atoms with Crippen molar-refractivity contribution >= 4 is 17.7 Å². The first kappa shape index (κ1) is 22.4. The number of aromatic nitrogens is 1. The van der Waals surface area contributed by atoms with Crippen LogP contribution in [0.4, 0.5) is 5.82 Å². The Morgan fingerprint density at radius 3 is 2.58 bits per heavy atom. The number of aryl methyl sites for hydroxylation is 1. The van der Waals surface area contributed by atoms with Crippen LogP contribution in [0.1, 0.15) is 35.8 Å². The van der Waals surface area contributed by atoms with Gasteiger partial charge in [-0.3, -0.25) is 9.79 Å². The summed E-state index contributed by atoms with van der Waals surface area (Å²) in [6.07, 6.45) is 2.02. The monoisotopic (exact) mass is 424 g/mol. The molecule has 0 aliphatic carbocycles. The van der Waals surface area contributed by atoms with Gasteiger partial charge in [0.2, 0.25) is 0 Å². The molecule has 1 aromatic heterocycles. The molecule has 166 valence electrons. The number of nitrogens with zero attached hydrogens (tertiary/aromatic N) is 3. The maximum atomic E-state index is 12.1. The lowest BCUT2D eigenvalue weighted by Gasteiger charge is -2.34. The number of aromatic hydroxyl groups is 1. The molecule has 2 aromatic rings. The molecule has 1 aliphatic heterocycles. The van der Waals surface area contributed by atoms with Crippen LogP contribution in [0.25, 0.3) is 0 Å². The van der Waals surface area contributed by atoms with Gasteiger partial charge in [-0.15, -0.1) is 0 Å². The quantitative estimate of drug-likeness (QED) is 0.308. The summed E-state index contributed by atoms with van der Waals surface area (Å²) in [6.45, 7) is 7.66. The predicted octanol–water partition coefficient (Wildman–Crippen LogP) is 2.05. The van der Waals surface area contributed by atoms with E-state index in [1.54, 1.807) is 12.1 Å². The third-order valence-corrected chi connectivity index (χ3v) is 5.17. The van der Waals surface area contributed by atoms with E-state index in [-0.39, 0.29) is 11.7 Å². The minimum atomic E-state index is -0.176. The third-order valence-electron chi connectivity index (χ3n) is 5.17. The summed E-state index contributed by atoms with van der Waals surface area (Å²) in [4.78, 5) is 23.7. The average molecular weight is 425 g/mol. The molecule has 0 spiro atoms. The van der Waals surface area contributed by atoms with Crippen LogP contribution < -0.4 is 20.9 Å². The highest BCUT2D eigenvalue weighted by molar-refractivity contribution is 5.94. The molecule has 8 nitrogen and oxygen atoms in total. The van der Waals surface area contributed by atoms with E-state index in [1.165, 1.54) is 12.1 Å². The SMILES string of the molecule is CCNC(=NCCNC(=O)c1ccc(O)cc1)NC1CCN(c2cccc(C)n2)CC1. The Morgan fingerprint density at radius 1 is 1.16 bits per heavy atom. The molecule has 3 rings (SSSR count). The van der Waals surface area contributed by atoms with Gasteiger partial charge in [-0.05, 0) is 63.1 Å². The van der Waals surface area contributed by atoms with Gasteiger partial charge in [-0.1, -0.05) is 6.07 Å². The van der Waals surface area contributed by atoms with Gasteiger partial charge in [0.05, 0.1) is 6.54 Å². The number of benzene rings is 1. The number of aliphatic imine (C=N–C) groups is 1. The van der Waals surface area contributed by atoms with Crippen LogP contribution in [0, 0.1) is 6.92 Å². The number of pyridine rings is 1. The minimum absolute atomic E-state index is 0.142. The fraction of sp³-hybridized carbons (Fsp3) is 0.435. The zero-order chi connectivity index (χ0) is 22.1. The molecule has 1 amide bonds. The van der Waals surface area contributed by atoms with E-state index in [0.717, 1.165) is 49.9 Å². The molecule has 8 heteroatoms. The van der Waals surface area contributed by atoms with Gasteiger partial charge in [-0.25, -0.2) is 4.98 Å². The van der Waals surface area contributed by atoms with Crippen LogP contribution >= 0.6 is 0 Å². The maximum Gasteiger partial charge on any atom is 0.251 e. The molecular weight excluding hydrogens is 392 g/mol. The highest BCUT2D eigenvalue weighted by Crippen LogP contribution is 2.18. The zero-order valence-electron chi connectivity index (χ0n) is 18.3. The van der Waals surface area contributed by atoms with Crippen molar-refractivity contribution in [3.63, 3.8) is 0 Å². The lowest BCUT2D eigenvalue weighted by Crippen LogP contribution is -2.49. The van der Waals surface area contributed by atoms with Crippen LogP contribution in [-0.4, -0.2) is 60.7 Å². The number of nitrogens with one attached hydrogen (secondary N) is 3. The fourth-order valence-corrected chi connectivity index (χ4v) is 3.52. The Balaban J connectivity index is 1.44. The van der Waals surface area contributed by atoms with Gasteiger partial charge in [0.1, 0.15) is 11.6 Å². The highest BCUT2D eigenvalue weighted by Gasteiger charge is 2.21. The summed E-state index contributed by atoms with van der Waals surface area (Å²) < 4.78 is 0. The smallest absolute Gasteiger partial charge is 0.251 e. The first-order chi connectivity index (χ1) is 15.0. The maximum absolute atomic E-state index is 12.1. The Kier molecular flexibility index (Phi) is 8.09. The van der Waals surface area contributed by atoms with E-state index in [1.807, 2.05) is 19.9 Å². The normalized spacial score (nSPS) is 14.9. The summed E-state index contributed by atoms with van der Waals surface area (Å²) in [5.74, 6) is 1.78. The standard InChI is InChI=1S/C23H32N6O2/c1-3-24-23(26-14-13-25-22(31)18-7-9-20(30)10-8-18)28-19-11-15-29(16-12-19)21-6-4-5-17(2)27-21/h4-10,19,30H,3,11-16H2,1-2H3,(H,25,31)(H2,24,26,28). The molecule has 0 atom stereocenters. The summed E-state index contributed by atoms with van der Waals surface area (Å²) in [5, 5.41) is 19.0. The van der Waals surface area contributed by atoms with Crippen molar-refractivity contribution in [1.29, 1.82) is 0 Å². The zero-order valence-corrected chi connectivity index (χ0v) is 18.3. The Morgan fingerprint density at radius 2 is 1.90 bits per heavy atom. The molecule has 0 bridgehead atoms. The molecule has 4 N–H and O–H groups in total. The van der Waals surface area contributed by atoms with Gasteiger partial charge in [0, 0.05) is 43.5 Å². The number of piperidine rings is 1. The largest absolute Gasteiger partial charge is 0.508 e. The highest BCUT2D eigenvalue weighted by atomic mass is 16.3. The number of carbonyl (C=O) groups is 1. The topological polar surface area (TPSA) is 102 Å². The van der Waals surface area contributed by atoms with Crippen molar-refractivity contribution in [3.05, 3.63) is 53.7 Å². The molecule has 0 radical (unpaired) electrons. The fourth-order valence-electron chi connectivity index (χ4n) is 3.52. The lowest BCUT2D eigenvalue weighted by atomic mass is 10.1. The van der Waals surface area contributed by atoms with Crippen molar-refractivity contribution in [3.8, 4) is 5.75 Å². The second-order valence-corrected chi connectivity index (χ2v) is 7.61. The number of amides is 1. The van der Waals surface area contributed by atoms with E-state index in [4.69, 9.17) is 0 Å². The summed E-state index contributed by atoms with van der Waals surface area (Å²) in [6, 6.07) is 12.7. The predicted molar refractivity (Wildman–Crippen MR) is 124 cm³/mol. The molecule has 0 unspecified atom stereocenters. The summed E-state index contributed by atoms with van der Waals surface area (Å²) >= 11 is 0. The van der Waals surface area contributed by atoms with E-state index in [0.29, 0.717) is 24.7 Å². The van der Waals surface area contributed by atoms with E-state index in [9.17, 15) is 9.90 Å². The molecule has 1 aliphatic rings. The first-order valence-corrected chi connectivity index (χ1v) is 10.9. The molecule has 31 heavy (non-hydrogen) atoms. The van der Waals surface area contributed by atoms with Gasteiger partial charge in [0.25, 0.3) is 5.91 Å². The van der Waals surface area contributed by atoms with Crippen molar-refractivity contribution in [1.82, 2.24) is 20.9 Å². The molecule has 1 saturated heterocycles. The second kappa shape index (κ2) is 11.2. The number of phenols is 1. The Hall–Kier alpha value is -3.29. The lowest BCUT2D eigenvalue weighted by molar-refractivity contribution is 0.0955. The van der Waals surface area contributed by atoms with E-state index >= 15 is 0 Å². The van der Waals surface area contributed by atoms with Gasteiger partial charge in [-0.2, -0.15) is 0 Å². The number of rotatable bonds is 7. The summed E-state index contributed by atoms with van der Waals surface area (Å²) in [7, 11) is 0. The van der Waals surface area contributed by atoms with Gasteiger partial charge in [0.15, 0.2) is 5.96 Å². The Bertz CT molecular complexity index is 876. The molecule has 1 fully saturated rings. The van der Waals surface area contributed by atoms with E-state index in [2.05, 4.69) is 43.0 Å². The van der Waals surface area contributed by atoms with Crippen LogP contribution in [0.15, 0.2) is 47.5 Å². The van der Waals surface area contributed by atoms with Gasteiger partial charge >= 0.3 is 0 Å². The van der Waals surface area contributed by atoms with Crippen LogP contribution in [0.3, 0.4) is 0 Å². The minimum Gasteiger partial charge on any atom is -0.508 e. The number of carbonyl (C=O) groups excluding carboxylic acids is 1. The number of guanidine groups is 1. The van der Waals surface area contributed by atoms with Crippen molar-refractivity contribution in [2.45, 2.75) is 32.7 Å².